The van der Waals surface area contributed by atoms with Gasteiger partial charge >= 0.3 is 0 Å². The molecule has 0 radical (unpaired) electrons. The maximum Gasteiger partial charge on any atom is 0.292 e. The van der Waals surface area contributed by atoms with Crippen molar-refractivity contribution < 1.29 is 18.0 Å². The van der Waals surface area contributed by atoms with Gasteiger partial charge in [0.25, 0.3) is 5.92 Å². The predicted octanol–water partition coefficient (Wildman–Crippen LogP) is 0.855. The minimum absolute atomic E-state index is 0.477. The van der Waals surface area contributed by atoms with Crippen molar-refractivity contribution in [2.75, 3.05) is 0 Å². The summed E-state index contributed by atoms with van der Waals surface area (Å²) in [6.07, 6.45) is -2.70. The van der Waals surface area contributed by atoms with E-state index in [0.717, 1.165) is 6.92 Å². The molecule has 11 heavy (non-hydrogen) atoms. The van der Waals surface area contributed by atoms with Crippen LogP contribution in [0.25, 0.3) is 0 Å². The lowest BCUT2D eigenvalue weighted by Gasteiger charge is -2.46. The second kappa shape index (κ2) is 1.89. The lowest BCUT2D eigenvalue weighted by molar-refractivity contribution is -0.237. The topological polar surface area (TPSA) is 43.1 Å². The molecule has 0 aromatic rings. The molecule has 64 valence electrons. The van der Waals surface area contributed by atoms with Crippen LogP contribution < -0.4 is 5.73 Å². The van der Waals surface area contributed by atoms with Crippen molar-refractivity contribution in [1.29, 1.82) is 0 Å². The van der Waals surface area contributed by atoms with Crippen LogP contribution in [0.3, 0.4) is 0 Å². The van der Waals surface area contributed by atoms with Crippen LogP contribution in [0, 0.1) is 5.41 Å². The summed E-state index contributed by atoms with van der Waals surface area (Å²) in [4.78, 5) is 10.4. The van der Waals surface area contributed by atoms with Crippen molar-refractivity contribution in [3.05, 3.63) is 0 Å². The van der Waals surface area contributed by atoms with E-state index in [4.69, 9.17) is 0 Å². The van der Waals surface area contributed by atoms with Crippen LogP contribution in [0.2, 0.25) is 0 Å². The first-order valence-electron chi connectivity index (χ1n) is 3.14. The Bertz CT molecular complexity index is 206. The van der Waals surface area contributed by atoms with Crippen LogP contribution in [0.1, 0.15) is 13.3 Å². The number of halogens is 3. The number of primary amides is 1. The van der Waals surface area contributed by atoms with E-state index in [0.29, 0.717) is 0 Å². The van der Waals surface area contributed by atoms with Crippen molar-refractivity contribution in [2.45, 2.75) is 25.4 Å². The van der Waals surface area contributed by atoms with Gasteiger partial charge in [-0.2, -0.15) is 0 Å². The van der Waals surface area contributed by atoms with Gasteiger partial charge in [-0.15, -0.1) is 0 Å². The van der Waals surface area contributed by atoms with Gasteiger partial charge in [0.2, 0.25) is 5.91 Å². The molecule has 5 heteroatoms. The van der Waals surface area contributed by atoms with Crippen molar-refractivity contribution >= 4 is 5.91 Å². The molecule has 1 rings (SSSR count). The third kappa shape index (κ3) is 0.765. The summed E-state index contributed by atoms with van der Waals surface area (Å²) >= 11 is 0. The zero-order valence-corrected chi connectivity index (χ0v) is 5.90. The maximum atomic E-state index is 12.6. The highest BCUT2D eigenvalue weighted by Crippen LogP contribution is 2.55. The smallest absolute Gasteiger partial charge is 0.292 e. The van der Waals surface area contributed by atoms with Crippen LogP contribution >= 0.6 is 0 Å². The highest BCUT2D eigenvalue weighted by atomic mass is 19.3. The van der Waals surface area contributed by atoms with Crippen LogP contribution in [0.5, 0.6) is 0 Å². The summed E-state index contributed by atoms with van der Waals surface area (Å²) in [5.41, 5.74) is 2.70. The number of hydrogen-bond acceptors (Lipinski definition) is 1. The van der Waals surface area contributed by atoms with E-state index in [9.17, 15) is 18.0 Å². The van der Waals surface area contributed by atoms with Crippen LogP contribution in [0.15, 0.2) is 0 Å². The van der Waals surface area contributed by atoms with Gasteiger partial charge in [-0.3, -0.25) is 4.79 Å². The Kier molecular flexibility index (Phi) is 1.44. The highest BCUT2D eigenvalue weighted by molar-refractivity contribution is 5.83. The van der Waals surface area contributed by atoms with E-state index in [1.165, 1.54) is 0 Å². The largest absolute Gasteiger partial charge is 0.369 e. The average molecular weight is 167 g/mol. The number of rotatable bonds is 1. The molecule has 0 heterocycles. The molecule has 2 nitrogen and oxygen atoms in total. The van der Waals surface area contributed by atoms with Crippen molar-refractivity contribution in [3.8, 4) is 0 Å². The summed E-state index contributed by atoms with van der Waals surface area (Å²) in [5, 5.41) is 0. The fourth-order valence-electron chi connectivity index (χ4n) is 1.10. The van der Waals surface area contributed by atoms with E-state index in [1.807, 2.05) is 0 Å². The first-order chi connectivity index (χ1) is 4.82. The number of alkyl halides is 3. The highest BCUT2D eigenvalue weighted by Gasteiger charge is 2.70. The number of amides is 1. The SMILES string of the molecule is CC1(C(N)=O)CC(F)C1(F)F. The number of nitrogens with two attached hydrogens (primary N) is 1. The second-order valence-electron chi connectivity index (χ2n) is 2.99. The minimum Gasteiger partial charge on any atom is -0.369 e. The summed E-state index contributed by atoms with van der Waals surface area (Å²) in [5.74, 6) is -4.73. The molecule has 2 atom stereocenters. The first-order valence-corrected chi connectivity index (χ1v) is 3.14. The molecule has 0 aromatic carbocycles. The summed E-state index contributed by atoms with van der Waals surface area (Å²) in [6.45, 7) is 0.978. The van der Waals surface area contributed by atoms with Gasteiger partial charge in [-0.25, -0.2) is 13.2 Å². The molecule has 1 saturated carbocycles. The third-order valence-corrected chi connectivity index (χ3v) is 2.26. The Morgan fingerprint density at radius 3 is 2.18 bits per heavy atom. The molecule has 1 amide bonds. The molecule has 1 aliphatic rings. The Hall–Kier alpha value is -0.740. The molecule has 2 N–H and O–H groups in total. The summed E-state index contributed by atoms with van der Waals surface area (Å²) in [6, 6.07) is 0. The van der Waals surface area contributed by atoms with Crippen molar-refractivity contribution in [2.24, 2.45) is 11.1 Å². The average Bonchev–Trinajstić information content (AvgIpc) is 1.87. The molecule has 0 aromatic heterocycles. The van der Waals surface area contributed by atoms with E-state index in [2.05, 4.69) is 5.73 Å². The molecular weight excluding hydrogens is 159 g/mol. The predicted molar refractivity (Wildman–Crippen MR) is 31.8 cm³/mol. The van der Waals surface area contributed by atoms with Gasteiger partial charge in [0.1, 0.15) is 5.41 Å². The molecule has 1 aliphatic carbocycles. The van der Waals surface area contributed by atoms with E-state index < -0.39 is 29.8 Å². The van der Waals surface area contributed by atoms with Crippen LogP contribution in [0.4, 0.5) is 13.2 Å². The van der Waals surface area contributed by atoms with E-state index >= 15 is 0 Å². The normalized spacial score (nSPS) is 41.3. The quantitative estimate of drug-likeness (QED) is 0.618. The van der Waals surface area contributed by atoms with Gasteiger partial charge < -0.3 is 5.73 Å². The van der Waals surface area contributed by atoms with Crippen LogP contribution in [-0.4, -0.2) is 18.0 Å². The van der Waals surface area contributed by atoms with Crippen LogP contribution in [-0.2, 0) is 4.79 Å². The second-order valence-corrected chi connectivity index (χ2v) is 2.99. The first kappa shape index (κ1) is 8.36. The molecule has 0 saturated heterocycles. The Morgan fingerprint density at radius 1 is 1.64 bits per heavy atom. The molecule has 1 fully saturated rings. The van der Waals surface area contributed by atoms with E-state index in [1.54, 1.807) is 0 Å². The van der Waals surface area contributed by atoms with Gasteiger partial charge in [-0.05, 0) is 6.92 Å². The fraction of sp³-hybridized carbons (Fsp3) is 0.833. The number of hydrogen-bond donors (Lipinski definition) is 1. The molecule has 0 bridgehead atoms. The lowest BCUT2D eigenvalue weighted by Crippen LogP contribution is -2.64. The zero-order valence-electron chi connectivity index (χ0n) is 5.90. The van der Waals surface area contributed by atoms with Gasteiger partial charge in [0.15, 0.2) is 6.17 Å². The Morgan fingerprint density at radius 2 is 2.09 bits per heavy atom. The minimum atomic E-state index is -3.58. The standard InChI is InChI=1S/C6H8F3NO/c1-5(4(10)11)2-3(7)6(5,8)9/h3H,2H2,1H3,(H2,10,11). The fourth-order valence-corrected chi connectivity index (χ4v) is 1.10. The number of carbonyl (C=O) groups is 1. The summed E-state index contributed by atoms with van der Waals surface area (Å²) < 4.78 is 37.3. The Labute approximate surface area is 61.6 Å². The van der Waals surface area contributed by atoms with E-state index in [-0.39, 0.29) is 0 Å². The van der Waals surface area contributed by atoms with Crippen molar-refractivity contribution in [3.63, 3.8) is 0 Å². The van der Waals surface area contributed by atoms with Gasteiger partial charge in [-0.1, -0.05) is 0 Å². The van der Waals surface area contributed by atoms with Gasteiger partial charge in [0.05, 0.1) is 0 Å². The van der Waals surface area contributed by atoms with Crippen molar-refractivity contribution in [1.82, 2.24) is 0 Å². The molecule has 0 aliphatic heterocycles. The monoisotopic (exact) mass is 167 g/mol. The zero-order chi connectivity index (χ0) is 8.86. The lowest BCUT2D eigenvalue weighted by atomic mass is 9.65. The molecule has 2 unspecified atom stereocenters. The maximum absolute atomic E-state index is 12.6. The molecule has 0 spiro atoms. The number of carbonyl (C=O) groups excluding carboxylic acids is 1. The Balaban J connectivity index is 2.87. The molecular formula is C6H8F3NO. The van der Waals surface area contributed by atoms with Gasteiger partial charge in [0, 0.05) is 6.42 Å². The summed E-state index contributed by atoms with van der Waals surface area (Å²) in [7, 11) is 0. The third-order valence-electron chi connectivity index (χ3n) is 2.26.